The fraction of sp³-hybridized carbons (Fsp3) is 0.200. The minimum Gasteiger partial charge on any atom is -0.493 e. The third-order valence-electron chi connectivity index (χ3n) is 3.85. The first-order chi connectivity index (χ1) is 13.5. The Morgan fingerprint density at radius 1 is 1.18 bits per heavy atom. The number of halogens is 1. The minimum atomic E-state index is -1.11. The molecular formula is C20H17ClO7. The number of hydrogen-bond acceptors (Lipinski definition) is 6. The molecule has 0 aliphatic carbocycles. The van der Waals surface area contributed by atoms with Gasteiger partial charge < -0.3 is 24.1 Å². The Balaban J connectivity index is 1.77. The van der Waals surface area contributed by atoms with Crippen LogP contribution in [0.5, 0.6) is 23.0 Å². The molecule has 1 aliphatic rings. The summed E-state index contributed by atoms with van der Waals surface area (Å²) in [4.78, 5) is 23.1. The smallest absolute Gasteiger partial charge is 0.341 e. The van der Waals surface area contributed by atoms with Crippen molar-refractivity contribution in [1.29, 1.82) is 0 Å². The number of benzene rings is 2. The quantitative estimate of drug-likeness (QED) is 0.558. The molecule has 0 radical (unpaired) electrons. The first kappa shape index (κ1) is 19.6. The van der Waals surface area contributed by atoms with Crippen LogP contribution in [0.4, 0.5) is 0 Å². The van der Waals surface area contributed by atoms with Crippen LogP contribution in [0.3, 0.4) is 0 Å². The van der Waals surface area contributed by atoms with Crippen LogP contribution in [0.2, 0.25) is 5.02 Å². The molecule has 0 atom stereocenters. The Morgan fingerprint density at radius 3 is 2.71 bits per heavy atom. The van der Waals surface area contributed by atoms with Crippen molar-refractivity contribution in [3.8, 4) is 23.0 Å². The van der Waals surface area contributed by atoms with Crippen molar-refractivity contribution in [2.75, 3.05) is 26.9 Å². The van der Waals surface area contributed by atoms with Crippen LogP contribution >= 0.6 is 11.6 Å². The Labute approximate surface area is 166 Å². The van der Waals surface area contributed by atoms with Gasteiger partial charge in [-0.25, -0.2) is 4.79 Å². The van der Waals surface area contributed by atoms with Gasteiger partial charge in [-0.05, 0) is 42.0 Å². The van der Waals surface area contributed by atoms with E-state index >= 15 is 0 Å². The Morgan fingerprint density at radius 2 is 1.96 bits per heavy atom. The number of allylic oxidation sites excluding steroid dienone is 1. The molecule has 0 saturated carbocycles. The predicted molar refractivity (Wildman–Crippen MR) is 102 cm³/mol. The maximum atomic E-state index is 12.5. The van der Waals surface area contributed by atoms with Gasteiger partial charge in [0, 0.05) is 5.56 Å². The van der Waals surface area contributed by atoms with Gasteiger partial charge in [-0.15, -0.1) is 0 Å². The highest BCUT2D eigenvalue weighted by Gasteiger charge is 2.16. The van der Waals surface area contributed by atoms with Gasteiger partial charge >= 0.3 is 5.97 Å². The zero-order valence-electron chi connectivity index (χ0n) is 14.9. The summed E-state index contributed by atoms with van der Waals surface area (Å²) >= 11 is 6.19. The molecule has 0 bridgehead atoms. The fourth-order valence-electron chi connectivity index (χ4n) is 2.57. The van der Waals surface area contributed by atoms with Crippen LogP contribution in [-0.4, -0.2) is 43.8 Å². The molecule has 7 nitrogen and oxygen atoms in total. The van der Waals surface area contributed by atoms with E-state index < -0.39 is 12.6 Å². The molecule has 3 rings (SSSR count). The number of hydrogen-bond donors (Lipinski definition) is 1. The fourth-order valence-corrected chi connectivity index (χ4v) is 2.85. The van der Waals surface area contributed by atoms with Crippen LogP contribution in [0, 0.1) is 0 Å². The number of carboxylic acid groups (broad SMARTS) is 1. The monoisotopic (exact) mass is 404 g/mol. The normalized spacial score (nSPS) is 12.6. The molecule has 8 heteroatoms. The lowest BCUT2D eigenvalue weighted by Crippen LogP contribution is -2.15. The van der Waals surface area contributed by atoms with E-state index in [9.17, 15) is 9.59 Å². The summed E-state index contributed by atoms with van der Waals surface area (Å²) in [6, 6.07) is 7.93. The summed E-state index contributed by atoms with van der Waals surface area (Å²) in [5.74, 6) is 0.162. The largest absolute Gasteiger partial charge is 0.493 e. The van der Waals surface area contributed by atoms with E-state index in [2.05, 4.69) is 0 Å². The van der Waals surface area contributed by atoms with E-state index in [1.807, 2.05) is 0 Å². The molecule has 0 fully saturated rings. The van der Waals surface area contributed by atoms with Crippen LogP contribution in [-0.2, 0) is 4.79 Å². The number of methoxy groups -OCH3 is 1. The van der Waals surface area contributed by atoms with Crippen molar-refractivity contribution in [3.63, 3.8) is 0 Å². The molecule has 0 spiro atoms. The standard InChI is InChI=1S/C20H17ClO7/c1-25-17-10-13(3-5-16(17)28-11-19(23)24)15(22)4-2-12-8-14(21)20-18(9-12)26-6-7-27-20/h2-5,8-10H,6-7,11H2,1H3,(H,23,24)/b4-2+. The Hall–Kier alpha value is -3.19. The first-order valence-electron chi connectivity index (χ1n) is 8.32. The van der Waals surface area contributed by atoms with Crippen LogP contribution in [0.25, 0.3) is 6.08 Å². The maximum absolute atomic E-state index is 12.5. The molecule has 0 aromatic heterocycles. The van der Waals surface area contributed by atoms with E-state index in [0.717, 1.165) is 0 Å². The lowest BCUT2D eigenvalue weighted by atomic mass is 10.1. The number of ether oxygens (including phenoxy) is 4. The zero-order valence-corrected chi connectivity index (χ0v) is 15.7. The zero-order chi connectivity index (χ0) is 20.1. The number of carbonyl (C=O) groups is 2. The summed E-state index contributed by atoms with van der Waals surface area (Å²) in [6.45, 7) is 0.369. The second-order valence-electron chi connectivity index (χ2n) is 5.77. The summed E-state index contributed by atoms with van der Waals surface area (Å²) in [5.41, 5.74) is 1.05. The molecule has 0 unspecified atom stereocenters. The first-order valence-corrected chi connectivity index (χ1v) is 8.70. The molecule has 1 aliphatic heterocycles. The van der Waals surface area contributed by atoms with Crippen molar-refractivity contribution in [3.05, 3.63) is 52.6 Å². The third-order valence-corrected chi connectivity index (χ3v) is 4.13. The second-order valence-corrected chi connectivity index (χ2v) is 6.18. The van der Waals surface area contributed by atoms with Crippen molar-refractivity contribution in [2.45, 2.75) is 0 Å². The van der Waals surface area contributed by atoms with Crippen LogP contribution in [0.1, 0.15) is 15.9 Å². The highest BCUT2D eigenvalue weighted by atomic mass is 35.5. The SMILES string of the molecule is COc1cc(C(=O)/C=C/c2cc(Cl)c3c(c2)OCCO3)ccc1OCC(=O)O. The topological polar surface area (TPSA) is 91.3 Å². The maximum Gasteiger partial charge on any atom is 0.341 e. The number of carboxylic acids is 1. The molecule has 2 aromatic rings. The number of fused-ring (bicyclic) bond motifs is 1. The predicted octanol–water partition coefficient (Wildman–Crippen LogP) is 3.48. The van der Waals surface area contributed by atoms with Crippen LogP contribution < -0.4 is 18.9 Å². The van der Waals surface area contributed by atoms with E-state index in [1.165, 1.54) is 31.4 Å². The Kier molecular flexibility index (Phi) is 6.06. The van der Waals surface area contributed by atoms with Gasteiger partial charge in [-0.3, -0.25) is 4.79 Å². The number of ketones is 1. The number of carbonyl (C=O) groups excluding carboxylic acids is 1. The number of rotatable bonds is 7. The van der Waals surface area contributed by atoms with Gasteiger partial charge in [0.25, 0.3) is 0 Å². The van der Waals surface area contributed by atoms with E-state index in [-0.39, 0.29) is 17.3 Å². The average Bonchev–Trinajstić information content (AvgIpc) is 2.70. The second kappa shape index (κ2) is 8.67. The molecule has 146 valence electrons. The highest BCUT2D eigenvalue weighted by Crippen LogP contribution is 2.38. The highest BCUT2D eigenvalue weighted by molar-refractivity contribution is 6.32. The van der Waals surface area contributed by atoms with Crippen molar-refractivity contribution in [1.82, 2.24) is 0 Å². The van der Waals surface area contributed by atoms with E-state index in [1.54, 1.807) is 18.2 Å². The molecule has 28 heavy (non-hydrogen) atoms. The van der Waals surface area contributed by atoms with Gasteiger partial charge in [-0.2, -0.15) is 0 Å². The molecule has 0 amide bonds. The van der Waals surface area contributed by atoms with Gasteiger partial charge in [0.15, 0.2) is 35.4 Å². The average molecular weight is 405 g/mol. The summed E-state index contributed by atoms with van der Waals surface area (Å²) in [6.07, 6.45) is 3.02. The lowest BCUT2D eigenvalue weighted by molar-refractivity contribution is -0.139. The molecule has 2 aromatic carbocycles. The minimum absolute atomic E-state index is 0.240. The molecular weight excluding hydrogens is 388 g/mol. The van der Waals surface area contributed by atoms with Crippen LogP contribution in [0.15, 0.2) is 36.4 Å². The van der Waals surface area contributed by atoms with Gasteiger partial charge in [0.05, 0.1) is 12.1 Å². The van der Waals surface area contributed by atoms with Gasteiger partial charge in [0.1, 0.15) is 13.2 Å². The molecule has 0 saturated heterocycles. The van der Waals surface area contributed by atoms with Crippen molar-refractivity contribution >= 4 is 29.4 Å². The van der Waals surface area contributed by atoms with Gasteiger partial charge in [0.2, 0.25) is 0 Å². The number of aliphatic carboxylic acids is 1. The molecule has 1 heterocycles. The van der Waals surface area contributed by atoms with Crippen molar-refractivity contribution in [2.24, 2.45) is 0 Å². The van der Waals surface area contributed by atoms with Crippen molar-refractivity contribution < 1.29 is 33.6 Å². The lowest BCUT2D eigenvalue weighted by Gasteiger charge is -2.19. The van der Waals surface area contributed by atoms with E-state index in [0.29, 0.717) is 40.9 Å². The third kappa shape index (κ3) is 4.55. The Bertz CT molecular complexity index is 936. The summed E-state index contributed by atoms with van der Waals surface area (Å²) < 4.78 is 21.3. The van der Waals surface area contributed by atoms with Gasteiger partial charge in [-0.1, -0.05) is 17.7 Å². The summed E-state index contributed by atoms with van der Waals surface area (Å²) in [7, 11) is 1.41. The van der Waals surface area contributed by atoms with E-state index in [4.69, 9.17) is 35.7 Å². The molecule has 1 N–H and O–H groups in total. The summed E-state index contributed by atoms with van der Waals surface area (Å²) in [5, 5.41) is 9.11.